The Balaban J connectivity index is 2.35. The number of amides is 1. The monoisotopic (exact) mass is 508 g/mol. The fourth-order valence-corrected chi connectivity index (χ4v) is 4.80. The number of halogens is 4. The van der Waals surface area contributed by atoms with Gasteiger partial charge in [0.2, 0.25) is 11.8 Å². The Labute approximate surface area is 199 Å². The number of nitrogens with zero attached hydrogens (tertiary/aromatic N) is 1. The van der Waals surface area contributed by atoms with Gasteiger partial charge in [-0.25, -0.2) is 0 Å². The largest absolute Gasteiger partial charge is 0.466 e. The Morgan fingerprint density at radius 2 is 1.94 bits per heavy atom. The van der Waals surface area contributed by atoms with Crippen molar-refractivity contribution in [1.82, 2.24) is 9.29 Å². The van der Waals surface area contributed by atoms with Crippen LogP contribution in [-0.4, -0.2) is 33.2 Å². The van der Waals surface area contributed by atoms with Crippen LogP contribution in [0, 0.1) is 5.92 Å². The molecule has 1 aliphatic rings. The summed E-state index contributed by atoms with van der Waals surface area (Å²) in [6.45, 7) is 11.7. The topological polar surface area (TPSA) is 63.6 Å². The molecule has 1 amide bonds. The summed E-state index contributed by atoms with van der Waals surface area (Å²) in [4.78, 5) is 25.7. The quantitative estimate of drug-likeness (QED) is 0.361. The normalized spacial score (nSPS) is 22.2. The molecular formula is C23H32ClF3N2O3S. The Hall–Kier alpha value is -1.71. The number of nitrogens with one attached hydrogen (secondary N) is 1. The molecule has 0 spiro atoms. The predicted octanol–water partition coefficient (Wildman–Crippen LogP) is 4.91. The molecule has 1 aromatic heterocycles. The van der Waals surface area contributed by atoms with Crippen molar-refractivity contribution < 1.29 is 26.9 Å². The van der Waals surface area contributed by atoms with Crippen LogP contribution < -0.4 is 15.3 Å². The van der Waals surface area contributed by atoms with Crippen LogP contribution in [0.3, 0.4) is 0 Å². The molecule has 1 aromatic rings. The highest BCUT2D eigenvalue weighted by Crippen LogP contribution is 2.71. The zero-order valence-corrected chi connectivity index (χ0v) is 21.0. The number of carbonyl (C=O) groups is 2. The lowest BCUT2D eigenvalue weighted by Crippen LogP contribution is -2.36. The van der Waals surface area contributed by atoms with Gasteiger partial charge in [-0.1, -0.05) is 32.1 Å². The van der Waals surface area contributed by atoms with Crippen molar-refractivity contribution in [1.29, 1.82) is 0 Å². The summed E-state index contributed by atoms with van der Waals surface area (Å²) in [6.07, 6.45) is 7.49. The first-order valence-electron chi connectivity index (χ1n) is 10.9. The number of hydrogen-bond donors (Lipinski definition) is 1. The second kappa shape index (κ2) is 11.1. The van der Waals surface area contributed by atoms with E-state index in [1.54, 1.807) is 6.08 Å². The van der Waals surface area contributed by atoms with Gasteiger partial charge >= 0.3 is 5.51 Å². The van der Waals surface area contributed by atoms with Crippen LogP contribution in [0.2, 0.25) is 0 Å². The molecule has 3 atom stereocenters. The van der Waals surface area contributed by atoms with Gasteiger partial charge in [0.15, 0.2) is 0 Å². The number of allylic oxidation sites excluding steroid dienone is 2. The summed E-state index contributed by atoms with van der Waals surface area (Å²) >= 11 is 6.23. The lowest BCUT2D eigenvalue weighted by Gasteiger charge is -2.20. The fraction of sp³-hybridized carbons (Fsp3) is 0.565. The molecule has 3 unspecified atom stereocenters. The lowest BCUT2D eigenvalue weighted by atomic mass is 9.97. The van der Waals surface area contributed by atoms with Crippen LogP contribution in [0.25, 0.3) is 12.7 Å². The number of rotatable bonds is 10. The highest BCUT2D eigenvalue weighted by Gasteiger charge is 2.62. The minimum Gasteiger partial charge on any atom is -0.295 e. The van der Waals surface area contributed by atoms with Crippen molar-refractivity contribution in [2.75, 3.05) is 5.94 Å². The van der Waals surface area contributed by atoms with Crippen molar-refractivity contribution in [3.05, 3.63) is 34.0 Å². The first kappa shape index (κ1) is 27.5. The minimum absolute atomic E-state index is 0.0102. The second-order valence-corrected chi connectivity index (χ2v) is 11.5. The van der Waals surface area contributed by atoms with E-state index >= 15 is 0 Å². The molecule has 10 heteroatoms. The van der Waals surface area contributed by atoms with Crippen molar-refractivity contribution in [3.8, 4) is 0 Å². The summed E-state index contributed by atoms with van der Waals surface area (Å²) in [6, 6.07) is 0. The molecule has 2 rings (SSSR count). The molecule has 2 heterocycles. The lowest BCUT2D eigenvalue weighted by molar-refractivity contribution is -0.119. The molecule has 0 aromatic carbocycles. The number of alkyl halides is 4. The van der Waals surface area contributed by atoms with Gasteiger partial charge in [-0.3, -0.25) is 23.1 Å². The van der Waals surface area contributed by atoms with Crippen LogP contribution in [0.15, 0.2) is 17.8 Å². The summed E-state index contributed by atoms with van der Waals surface area (Å²) < 4.78 is 47.4. The van der Waals surface area contributed by atoms with Crippen molar-refractivity contribution in [2.24, 2.45) is 5.92 Å². The molecule has 1 fully saturated rings. The zero-order chi connectivity index (χ0) is 25.0. The van der Waals surface area contributed by atoms with Crippen molar-refractivity contribution in [2.45, 2.75) is 70.7 Å². The third kappa shape index (κ3) is 6.90. The average Bonchev–Trinajstić information content (AvgIpc) is 3.46. The van der Waals surface area contributed by atoms with Gasteiger partial charge in [-0.2, -0.15) is 13.2 Å². The van der Waals surface area contributed by atoms with E-state index in [9.17, 15) is 22.8 Å². The molecule has 1 aliphatic heterocycles. The van der Waals surface area contributed by atoms with E-state index in [0.717, 1.165) is 12.0 Å². The molecule has 0 radical (unpaired) electrons. The molecule has 0 aliphatic carbocycles. The number of carbonyl (C=O) groups excluding carboxylic acids is 2. The number of hydrogen-bond acceptors (Lipinski definition) is 3. The molecule has 5 nitrogen and oxygen atoms in total. The third-order valence-electron chi connectivity index (χ3n) is 5.52. The Bertz CT molecular complexity index is 1010. The van der Waals surface area contributed by atoms with Gasteiger partial charge in [-0.05, 0) is 56.4 Å². The SMILES string of the molecule is C=c1c(CC(=O)NS2(C(F)(F)F)CO2)cn(C(=O)C(CC)CCC(Cl)CC)c1=CC=C(C)C. The van der Waals surface area contributed by atoms with Crippen molar-refractivity contribution in [3.63, 3.8) is 0 Å². The molecule has 33 heavy (non-hydrogen) atoms. The smallest absolute Gasteiger partial charge is 0.295 e. The maximum absolute atomic E-state index is 13.4. The maximum Gasteiger partial charge on any atom is 0.466 e. The summed E-state index contributed by atoms with van der Waals surface area (Å²) in [5, 5.41) is 0.937. The standard InChI is InChI=1S/C23H32ClF3N2O3S/c1-6-17(9-10-19(24)7-2)22(31)29-13-18(16(5)20(29)11-8-15(3)4)12-21(30)28-33(14-32-33)23(25,26)27/h8,11,13,17,19H,5-7,9-10,12,14H2,1-4H3,(H,28,30). The van der Waals surface area contributed by atoms with E-state index < -0.39 is 27.8 Å². The van der Waals surface area contributed by atoms with Crippen LogP contribution in [-0.2, 0) is 15.4 Å². The van der Waals surface area contributed by atoms with Crippen molar-refractivity contribution >= 4 is 46.6 Å². The predicted molar refractivity (Wildman–Crippen MR) is 128 cm³/mol. The third-order valence-corrected chi connectivity index (χ3v) is 8.06. The maximum atomic E-state index is 13.4. The van der Waals surface area contributed by atoms with Gasteiger partial charge in [0, 0.05) is 17.5 Å². The highest BCUT2D eigenvalue weighted by molar-refractivity contribution is 8.33. The van der Waals surface area contributed by atoms with Crippen LogP contribution in [0.4, 0.5) is 13.2 Å². The first-order valence-corrected chi connectivity index (χ1v) is 13.1. The minimum atomic E-state index is -4.62. The van der Waals surface area contributed by atoms with Gasteiger partial charge in [0.05, 0.1) is 22.3 Å². The Kier molecular flexibility index (Phi) is 9.30. The van der Waals surface area contributed by atoms with Crippen LogP contribution in [0.1, 0.15) is 63.7 Å². The average molecular weight is 509 g/mol. The zero-order valence-electron chi connectivity index (χ0n) is 19.4. The van der Waals surface area contributed by atoms with E-state index in [1.165, 1.54) is 10.8 Å². The van der Waals surface area contributed by atoms with E-state index in [-0.39, 0.29) is 23.6 Å². The molecule has 186 valence electrons. The van der Waals surface area contributed by atoms with Gasteiger partial charge < -0.3 is 0 Å². The molecule has 1 saturated heterocycles. The summed E-state index contributed by atoms with van der Waals surface area (Å²) in [5.74, 6) is -1.77. The first-order chi connectivity index (χ1) is 15.3. The van der Waals surface area contributed by atoms with Gasteiger partial charge in [0.1, 0.15) is 5.94 Å². The van der Waals surface area contributed by atoms with E-state index in [4.69, 9.17) is 11.6 Å². The second-order valence-electron chi connectivity index (χ2n) is 8.38. The summed E-state index contributed by atoms with van der Waals surface area (Å²) in [7, 11) is -3.58. The molecular weight excluding hydrogens is 477 g/mol. The molecule has 0 bridgehead atoms. The molecule has 1 N–H and O–H groups in total. The van der Waals surface area contributed by atoms with Gasteiger partial charge in [-0.15, -0.1) is 11.6 Å². The number of aromatic nitrogens is 1. The van der Waals surface area contributed by atoms with E-state index in [0.29, 0.717) is 35.4 Å². The highest BCUT2D eigenvalue weighted by atomic mass is 35.5. The molecule has 0 saturated carbocycles. The Morgan fingerprint density at radius 3 is 2.42 bits per heavy atom. The summed E-state index contributed by atoms with van der Waals surface area (Å²) in [5.41, 5.74) is -3.23. The Morgan fingerprint density at radius 1 is 1.30 bits per heavy atom. The van der Waals surface area contributed by atoms with Gasteiger partial charge in [0.25, 0.3) is 0 Å². The van der Waals surface area contributed by atoms with Crippen LogP contribution >= 0.6 is 22.1 Å². The van der Waals surface area contributed by atoms with E-state index in [2.05, 4.69) is 10.8 Å². The fourth-order valence-electron chi connectivity index (χ4n) is 3.35. The van der Waals surface area contributed by atoms with Crippen LogP contribution in [0.5, 0.6) is 0 Å². The van der Waals surface area contributed by atoms with E-state index in [1.807, 2.05) is 38.5 Å².